The summed E-state index contributed by atoms with van der Waals surface area (Å²) in [5.74, 6) is -3.35. The molecule has 0 fully saturated rings. The highest BCUT2D eigenvalue weighted by molar-refractivity contribution is 6.32. The van der Waals surface area contributed by atoms with Gasteiger partial charge in [-0.2, -0.15) is 18.4 Å². The van der Waals surface area contributed by atoms with Crippen molar-refractivity contribution in [2.24, 2.45) is 0 Å². The van der Waals surface area contributed by atoms with Gasteiger partial charge in [-0.1, -0.05) is 11.6 Å². The second-order valence-electron chi connectivity index (χ2n) is 9.99. The molecule has 0 aliphatic carbocycles. The lowest BCUT2D eigenvalue weighted by Gasteiger charge is -2.12. The van der Waals surface area contributed by atoms with E-state index >= 15 is 0 Å². The lowest BCUT2D eigenvalue weighted by molar-refractivity contribution is -0.385. The molecule has 272 valence electrons. The van der Waals surface area contributed by atoms with Gasteiger partial charge in [-0.25, -0.2) is 18.8 Å². The topological polar surface area (TPSA) is 185 Å². The number of nitrogens with zero attached hydrogens (tertiary/aromatic N) is 2. The molecule has 4 aromatic rings. The number of benzene rings is 4. The van der Waals surface area contributed by atoms with Gasteiger partial charge in [0.15, 0.2) is 24.3 Å². The summed E-state index contributed by atoms with van der Waals surface area (Å²) >= 11 is 5.81. The average Bonchev–Trinajstić information content (AvgIpc) is 3.09. The molecule has 0 radical (unpaired) electrons. The fourth-order valence-electron chi connectivity index (χ4n) is 3.81. The standard InChI is InChI=1S/C18H13ClF3NO7.C16H12FNO4/c1-2-28-16(24)9-29-17(25)12-8-11(4-5-14(12)23(26)27)30-15-6-3-10(7-13(15)19)18(20,21)22;1-10(16(19)20)21-12-3-5-13(6-4-12)22-15-7-2-11(9-18)8-14(15)17/h3-8H,2,9H2,1H3;2-8,10H,1H3,(H,19,20)/t;10-/m.1/s1. The maximum Gasteiger partial charge on any atom is 0.416 e. The van der Waals surface area contributed by atoms with Crippen molar-refractivity contribution in [2.75, 3.05) is 13.2 Å². The Kier molecular flexibility index (Phi) is 13.9. The van der Waals surface area contributed by atoms with Gasteiger partial charge in [-0.15, -0.1) is 0 Å². The number of carboxylic acid groups (broad SMARTS) is 1. The molecule has 1 N–H and O–H groups in total. The van der Waals surface area contributed by atoms with Crippen LogP contribution in [-0.4, -0.2) is 47.3 Å². The normalized spacial score (nSPS) is 11.1. The lowest BCUT2D eigenvalue weighted by atomic mass is 10.1. The van der Waals surface area contributed by atoms with Crippen LogP contribution in [0.5, 0.6) is 28.7 Å². The van der Waals surface area contributed by atoms with Crippen LogP contribution in [0.25, 0.3) is 0 Å². The molecular weight excluding hydrogens is 724 g/mol. The highest BCUT2D eigenvalue weighted by Crippen LogP contribution is 2.37. The van der Waals surface area contributed by atoms with Gasteiger partial charge in [0.1, 0.15) is 28.6 Å². The van der Waals surface area contributed by atoms with Gasteiger partial charge < -0.3 is 28.8 Å². The predicted octanol–water partition coefficient (Wildman–Crippen LogP) is 8.12. The van der Waals surface area contributed by atoms with Crippen LogP contribution in [0.1, 0.15) is 35.3 Å². The quantitative estimate of drug-likeness (QED) is 0.0636. The molecule has 4 aromatic carbocycles. The number of carbonyl (C=O) groups excluding carboxylic acids is 2. The van der Waals surface area contributed by atoms with Crippen LogP contribution in [0, 0.1) is 27.3 Å². The molecular formula is C34H25ClF4N2O11. The van der Waals surface area contributed by atoms with E-state index in [9.17, 15) is 42.1 Å². The molecule has 0 bridgehead atoms. The zero-order valence-corrected chi connectivity index (χ0v) is 27.6. The Bertz CT molecular complexity index is 1980. The van der Waals surface area contributed by atoms with E-state index in [2.05, 4.69) is 4.74 Å². The number of ether oxygens (including phenoxy) is 5. The summed E-state index contributed by atoms with van der Waals surface area (Å²) in [6.45, 7) is 2.24. The number of carboxylic acids is 1. The number of halogens is 5. The summed E-state index contributed by atoms with van der Waals surface area (Å²) in [5, 5.41) is 28.2. The maximum atomic E-state index is 13.7. The Morgan fingerprint density at radius 1 is 0.923 bits per heavy atom. The van der Waals surface area contributed by atoms with Gasteiger partial charge in [-0.05, 0) is 80.6 Å². The Balaban J connectivity index is 0.000000294. The van der Waals surface area contributed by atoms with E-state index in [4.69, 9.17) is 40.9 Å². The van der Waals surface area contributed by atoms with Gasteiger partial charge in [0, 0.05) is 12.1 Å². The first-order chi connectivity index (χ1) is 24.5. The average molecular weight is 749 g/mol. The molecule has 1 atom stereocenters. The number of alkyl halides is 3. The second-order valence-corrected chi connectivity index (χ2v) is 10.4. The summed E-state index contributed by atoms with van der Waals surface area (Å²) in [6.07, 6.45) is -5.58. The van der Waals surface area contributed by atoms with Crippen LogP contribution in [0.3, 0.4) is 0 Å². The highest BCUT2D eigenvalue weighted by atomic mass is 35.5. The maximum absolute atomic E-state index is 13.7. The minimum atomic E-state index is -4.61. The first kappa shape index (κ1) is 40.0. The number of hydrogen-bond donors (Lipinski definition) is 1. The summed E-state index contributed by atoms with van der Waals surface area (Å²) in [4.78, 5) is 44.4. The van der Waals surface area contributed by atoms with Gasteiger partial charge in [0.05, 0.1) is 33.7 Å². The third-order valence-corrected chi connectivity index (χ3v) is 6.57. The van der Waals surface area contributed by atoms with Gasteiger partial charge in [0.25, 0.3) is 5.69 Å². The molecule has 0 aliphatic heterocycles. The number of rotatable bonds is 12. The molecule has 18 heteroatoms. The van der Waals surface area contributed by atoms with Crippen LogP contribution in [0.4, 0.5) is 23.2 Å². The van der Waals surface area contributed by atoms with E-state index in [1.54, 1.807) is 0 Å². The van der Waals surface area contributed by atoms with Gasteiger partial charge >= 0.3 is 24.1 Å². The van der Waals surface area contributed by atoms with Crippen molar-refractivity contribution >= 4 is 35.2 Å². The Morgan fingerprint density at radius 3 is 2.10 bits per heavy atom. The van der Waals surface area contributed by atoms with E-state index < -0.39 is 64.3 Å². The molecule has 4 rings (SSSR count). The fraction of sp³-hybridized carbons (Fsp3) is 0.176. The summed E-state index contributed by atoms with van der Waals surface area (Å²) in [7, 11) is 0. The lowest BCUT2D eigenvalue weighted by Crippen LogP contribution is -2.22. The van der Waals surface area contributed by atoms with Gasteiger partial charge in [-0.3, -0.25) is 10.1 Å². The Hall–Kier alpha value is -6.41. The Morgan fingerprint density at radius 2 is 1.54 bits per heavy atom. The van der Waals surface area contributed by atoms with Crippen molar-refractivity contribution in [2.45, 2.75) is 26.1 Å². The zero-order chi connectivity index (χ0) is 38.6. The number of nitriles is 1. The number of nitro groups is 1. The molecule has 52 heavy (non-hydrogen) atoms. The number of hydrogen-bond acceptors (Lipinski definition) is 11. The number of aliphatic carboxylic acids is 1. The zero-order valence-electron chi connectivity index (χ0n) is 26.8. The first-order valence-electron chi connectivity index (χ1n) is 14.5. The molecule has 0 aromatic heterocycles. The van der Waals surface area contributed by atoms with Gasteiger partial charge in [0.2, 0.25) is 0 Å². The van der Waals surface area contributed by atoms with Crippen molar-refractivity contribution in [3.8, 4) is 34.8 Å². The fourth-order valence-corrected chi connectivity index (χ4v) is 4.03. The third-order valence-electron chi connectivity index (χ3n) is 6.27. The SMILES string of the molecule is CCOC(=O)COC(=O)c1cc(Oc2ccc(C(F)(F)F)cc2Cl)ccc1[N+](=O)[O-].C[C@@H](Oc1ccc(Oc2ccc(C#N)cc2F)cc1)C(=O)O. The van der Waals surface area contributed by atoms with Crippen LogP contribution in [0.2, 0.25) is 5.02 Å². The molecule has 0 amide bonds. The van der Waals surface area contributed by atoms with E-state index in [0.717, 1.165) is 36.4 Å². The third kappa shape index (κ3) is 11.6. The molecule has 0 spiro atoms. The van der Waals surface area contributed by atoms with Crippen molar-refractivity contribution in [1.82, 2.24) is 0 Å². The van der Waals surface area contributed by atoms with E-state index in [1.807, 2.05) is 6.07 Å². The van der Waals surface area contributed by atoms with E-state index in [-0.39, 0.29) is 34.4 Å². The number of esters is 2. The van der Waals surface area contributed by atoms with Crippen LogP contribution >= 0.6 is 11.6 Å². The first-order valence-corrected chi connectivity index (χ1v) is 14.9. The molecule has 0 saturated heterocycles. The van der Waals surface area contributed by atoms with Crippen molar-refractivity contribution < 1.29 is 65.7 Å². The predicted molar refractivity (Wildman–Crippen MR) is 172 cm³/mol. The number of nitro benzene ring substituents is 1. The second kappa shape index (κ2) is 18.0. The van der Waals surface area contributed by atoms with Crippen molar-refractivity contribution in [3.63, 3.8) is 0 Å². The van der Waals surface area contributed by atoms with E-state index in [1.165, 1.54) is 50.2 Å². The number of carbonyl (C=O) groups is 3. The van der Waals surface area contributed by atoms with Crippen molar-refractivity contribution in [1.29, 1.82) is 5.26 Å². The van der Waals surface area contributed by atoms with Crippen LogP contribution in [0.15, 0.2) is 78.9 Å². The molecule has 0 aliphatic rings. The molecule has 0 saturated carbocycles. The molecule has 0 heterocycles. The molecule has 13 nitrogen and oxygen atoms in total. The smallest absolute Gasteiger partial charge is 0.416 e. The minimum absolute atomic E-state index is 0.00780. The Labute approximate surface area is 296 Å². The summed E-state index contributed by atoms with van der Waals surface area (Å²) in [6, 6.07) is 17.2. The van der Waals surface area contributed by atoms with Crippen LogP contribution < -0.4 is 14.2 Å². The monoisotopic (exact) mass is 748 g/mol. The van der Waals surface area contributed by atoms with E-state index in [0.29, 0.717) is 17.6 Å². The minimum Gasteiger partial charge on any atom is -0.479 e. The molecule has 0 unspecified atom stereocenters. The van der Waals surface area contributed by atoms with Crippen molar-refractivity contribution in [3.05, 3.63) is 117 Å². The van der Waals surface area contributed by atoms with Crippen LogP contribution in [-0.2, 0) is 25.2 Å². The summed E-state index contributed by atoms with van der Waals surface area (Å²) < 4.78 is 77.0. The highest BCUT2D eigenvalue weighted by Gasteiger charge is 2.31. The largest absolute Gasteiger partial charge is 0.479 e. The summed E-state index contributed by atoms with van der Waals surface area (Å²) in [5.41, 5.74) is -1.96.